The number of ether oxygens (including phenoxy) is 1. The van der Waals surface area contributed by atoms with Crippen LogP contribution in [0, 0.1) is 0 Å². The predicted octanol–water partition coefficient (Wildman–Crippen LogP) is 3.10. The molecule has 0 aliphatic rings. The molecule has 0 aromatic heterocycles. The number of nitrogens with two attached hydrogens (primary N) is 1. The van der Waals surface area contributed by atoms with E-state index in [1.54, 1.807) is 7.11 Å². The number of hydrogen-bond donors (Lipinski definition) is 1. The summed E-state index contributed by atoms with van der Waals surface area (Å²) in [7, 11) is 1.62. The standard InChI is InChI=1S/C12H16ClNO/c1-9(4-3-7-14)10-5-6-11(13)12(8-10)15-2/h4-6,8H,3,7,14H2,1-2H3. The molecule has 1 aromatic carbocycles. The molecule has 0 saturated carbocycles. The largest absolute Gasteiger partial charge is 0.495 e. The van der Waals surface area contributed by atoms with Crippen LogP contribution in [0.5, 0.6) is 5.75 Å². The molecule has 0 fully saturated rings. The van der Waals surface area contributed by atoms with Crippen molar-refractivity contribution in [3.05, 3.63) is 34.9 Å². The van der Waals surface area contributed by atoms with Gasteiger partial charge in [0.25, 0.3) is 0 Å². The van der Waals surface area contributed by atoms with E-state index in [1.807, 2.05) is 18.2 Å². The van der Waals surface area contributed by atoms with E-state index in [2.05, 4.69) is 13.0 Å². The van der Waals surface area contributed by atoms with Crippen molar-refractivity contribution < 1.29 is 4.74 Å². The lowest BCUT2D eigenvalue weighted by molar-refractivity contribution is 0.415. The zero-order chi connectivity index (χ0) is 11.3. The summed E-state index contributed by atoms with van der Waals surface area (Å²) < 4.78 is 5.16. The van der Waals surface area contributed by atoms with E-state index < -0.39 is 0 Å². The summed E-state index contributed by atoms with van der Waals surface area (Å²) in [5.41, 5.74) is 7.75. The number of rotatable bonds is 4. The van der Waals surface area contributed by atoms with Crippen molar-refractivity contribution in [1.29, 1.82) is 0 Å². The highest BCUT2D eigenvalue weighted by molar-refractivity contribution is 6.32. The molecule has 3 heteroatoms. The molecule has 0 heterocycles. The Hall–Kier alpha value is -0.990. The van der Waals surface area contributed by atoms with Gasteiger partial charge in [-0.2, -0.15) is 0 Å². The zero-order valence-electron chi connectivity index (χ0n) is 9.09. The van der Waals surface area contributed by atoms with Crippen molar-refractivity contribution in [2.24, 2.45) is 5.73 Å². The molecule has 1 rings (SSSR count). The van der Waals surface area contributed by atoms with Crippen LogP contribution in [0.4, 0.5) is 0 Å². The maximum Gasteiger partial charge on any atom is 0.138 e. The van der Waals surface area contributed by atoms with Gasteiger partial charge < -0.3 is 10.5 Å². The van der Waals surface area contributed by atoms with E-state index in [9.17, 15) is 0 Å². The van der Waals surface area contributed by atoms with Gasteiger partial charge in [0.2, 0.25) is 0 Å². The molecule has 0 spiro atoms. The Morgan fingerprint density at radius 3 is 2.87 bits per heavy atom. The van der Waals surface area contributed by atoms with Crippen molar-refractivity contribution >= 4 is 17.2 Å². The molecule has 0 bridgehead atoms. The fourth-order valence-corrected chi connectivity index (χ4v) is 1.52. The molecule has 0 atom stereocenters. The highest BCUT2D eigenvalue weighted by Crippen LogP contribution is 2.28. The van der Waals surface area contributed by atoms with Gasteiger partial charge in [0, 0.05) is 0 Å². The molecule has 15 heavy (non-hydrogen) atoms. The lowest BCUT2D eigenvalue weighted by atomic mass is 10.1. The Morgan fingerprint density at radius 1 is 1.53 bits per heavy atom. The first-order valence-corrected chi connectivity index (χ1v) is 5.27. The SMILES string of the molecule is COc1cc(C(C)=CCCN)ccc1Cl. The second-order valence-electron chi connectivity index (χ2n) is 3.31. The van der Waals surface area contributed by atoms with Crippen LogP contribution in [0.1, 0.15) is 18.9 Å². The molecule has 82 valence electrons. The topological polar surface area (TPSA) is 35.2 Å². The zero-order valence-corrected chi connectivity index (χ0v) is 9.84. The summed E-state index contributed by atoms with van der Waals surface area (Å²) in [5, 5.41) is 0.632. The van der Waals surface area contributed by atoms with Crippen LogP contribution in [0.2, 0.25) is 5.02 Å². The van der Waals surface area contributed by atoms with E-state index in [1.165, 1.54) is 5.57 Å². The van der Waals surface area contributed by atoms with Crippen molar-refractivity contribution in [2.75, 3.05) is 13.7 Å². The molecular formula is C12H16ClNO. The van der Waals surface area contributed by atoms with Gasteiger partial charge in [-0.25, -0.2) is 0 Å². The Balaban J connectivity index is 2.95. The fourth-order valence-electron chi connectivity index (χ4n) is 1.32. The summed E-state index contributed by atoms with van der Waals surface area (Å²) in [6, 6.07) is 5.76. The van der Waals surface area contributed by atoms with Gasteiger partial charge in [0.05, 0.1) is 12.1 Å². The van der Waals surface area contributed by atoms with Crippen LogP contribution in [0.3, 0.4) is 0 Å². The number of halogens is 1. The quantitative estimate of drug-likeness (QED) is 0.855. The van der Waals surface area contributed by atoms with Crippen molar-refractivity contribution in [3.63, 3.8) is 0 Å². The molecule has 0 radical (unpaired) electrons. The molecule has 2 N–H and O–H groups in total. The summed E-state index contributed by atoms with van der Waals surface area (Å²) in [6.45, 7) is 2.72. The molecule has 0 unspecified atom stereocenters. The Bertz CT molecular complexity index is 361. The van der Waals surface area contributed by atoms with Crippen LogP contribution in [0.25, 0.3) is 5.57 Å². The van der Waals surface area contributed by atoms with E-state index >= 15 is 0 Å². The molecule has 1 aromatic rings. The highest BCUT2D eigenvalue weighted by Gasteiger charge is 2.02. The fraction of sp³-hybridized carbons (Fsp3) is 0.333. The van der Waals surface area contributed by atoms with Crippen molar-refractivity contribution in [2.45, 2.75) is 13.3 Å². The molecule has 0 amide bonds. The minimum atomic E-state index is 0.632. The lowest BCUT2D eigenvalue weighted by Gasteiger charge is -2.06. The van der Waals surface area contributed by atoms with Crippen molar-refractivity contribution in [3.8, 4) is 5.75 Å². The second-order valence-corrected chi connectivity index (χ2v) is 3.72. The summed E-state index contributed by atoms with van der Waals surface area (Å²) in [6.07, 6.45) is 3.00. The minimum absolute atomic E-state index is 0.632. The van der Waals surface area contributed by atoms with Gasteiger partial charge in [0.15, 0.2) is 0 Å². The van der Waals surface area contributed by atoms with Crippen LogP contribution in [0.15, 0.2) is 24.3 Å². The first-order valence-electron chi connectivity index (χ1n) is 4.89. The average Bonchev–Trinajstić information content (AvgIpc) is 2.26. The smallest absolute Gasteiger partial charge is 0.138 e. The van der Waals surface area contributed by atoms with Crippen molar-refractivity contribution in [1.82, 2.24) is 0 Å². The van der Waals surface area contributed by atoms with E-state index in [-0.39, 0.29) is 0 Å². The van der Waals surface area contributed by atoms with Crippen LogP contribution in [-0.2, 0) is 0 Å². The average molecular weight is 226 g/mol. The molecular weight excluding hydrogens is 210 g/mol. The van der Waals surface area contributed by atoms with E-state index in [4.69, 9.17) is 22.1 Å². The molecule has 0 saturated heterocycles. The van der Waals surface area contributed by atoms with Gasteiger partial charge in [-0.3, -0.25) is 0 Å². The second kappa shape index (κ2) is 5.79. The summed E-state index contributed by atoms with van der Waals surface area (Å²) in [4.78, 5) is 0. The van der Waals surface area contributed by atoms with Gasteiger partial charge in [-0.1, -0.05) is 23.7 Å². The third-order valence-corrected chi connectivity index (χ3v) is 2.54. The number of methoxy groups -OCH3 is 1. The molecule has 0 aliphatic heterocycles. The van der Waals surface area contributed by atoms with Gasteiger partial charge in [0.1, 0.15) is 5.75 Å². The normalized spacial score (nSPS) is 11.6. The molecule has 0 aliphatic carbocycles. The van der Waals surface area contributed by atoms with Crippen LogP contribution < -0.4 is 10.5 Å². The Morgan fingerprint density at radius 2 is 2.27 bits per heavy atom. The van der Waals surface area contributed by atoms with E-state index in [0.29, 0.717) is 17.3 Å². The predicted molar refractivity (Wildman–Crippen MR) is 65.3 cm³/mol. The number of hydrogen-bond acceptors (Lipinski definition) is 2. The summed E-state index contributed by atoms with van der Waals surface area (Å²) >= 11 is 5.94. The van der Waals surface area contributed by atoms with Crippen LogP contribution in [-0.4, -0.2) is 13.7 Å². The van der Waals surface area contributed by atoms with Gasteiger partial charge >= 0.3 is 0 Å². The third kappa shape index (κ3) is 3.26. The number of benzene rings is 1. The summed E-state index contributed by atoms with van der Waals surface area (Å²) in [5.74, 6) is 0.703. The molecule has 2 nitrogen and oxygen atoms in total. The monoisotopic (exact) mass is 225 g/mol. The lowest BCUT2D eigenvalue weighted by Crippen LogP contribution is -1.96. The van der Waals surface area contributed by atoms with E-state index in [0.717, 1.165) is 12.0 Å². The first-order chi connectivity index (χ1) is 7.19. The van der Waals surface area contributed by atoms with Crippen LogP contribution >= 0.6 is 11.6 Å². The highest BCUT2D eigenvalue weighted by atomic mass is 35.5. The van der Waals surface area contributed by atoms with Gasteiger partial charge in [-0.15, -0.1) is 0 Å². The maximum atomic E-state index is 5.94. The number of allylic oxidation sites excluding steroid dienone is 1. The minimum Gasteiger partial charge on any atom is -0.495 e. The Labute approximate surface area is 95.7 Å². The maximum absolute atomic E-state index is 5.94. The van der Waals surface area contributed by atoms with Gasteiger partial charge in [-0.05, 0) is 43.2 Å². The first kappa shape index (κ1) is 12.1. The Kier molecular flexibility index (Phi) is 4.66. The third-order valence-electron chi connectivity index (χ3n) is 2.22.